The van der Waals surface area contributed by atoms with Gasteiger partial charge < -0.3 is 14.4 Å². The maximum absolute atomic E-state index is 13.9. The molecule has 0 saturated carbocycles. The van der Waals surface area contributed by atoms with Gasteiger partial charge in [-0.3, -0.25) is 19.8 Å². The zero-order valence-electron chi connectivity index (χ0n) is 19.9. The number of nitro benzene ring substituents is 1. The Bertz CT molecular complexity index is 1460. The first kappa shape index (κ1) is 24.9. The van der Waals surface area contributed by atoms with Crippen LogP contribution in [0, 0.1) is 10.1 Å². The Morgan fingerprint density at radius 3 is 2.65 bits per heavy atom. The number of nitro groups is 1. The lowest BCUT2D eigenvalue weighted by atomic mass is 10.1. The molecule has 0 atom stereocenters. The van der Waals surface area contributed by atoms with E-state index in [4.69, 9.17) is 26.1 Å². The van der Waals surface area contributed by atoms with E-state index in [0.29, 0.717) is 58.1 Å². The molecule has 2 heterocycles. The summed E-state index contributed by atoms with van der Waals surface area (Å²) in [5.41, 5.74) is 1.97. The summed E-state index contributed by atoms with van der Waals surface area (Å²) < 4.78 is 11.5. The van der Waals surface area contributed by atoms with E-state index in [1.54, 1.807) is 31.4 Å². The van der Waals surface area contributed by atoms with Gasteiger partial charge >= 0.3 is 0 Å². The third-order valence-corrected chi connectivity index (χ3v) is 7.64. The number of amides is 1. The lowest BCUT2D eigenvalue weighted by Gasteiger charge is -2.28. The molecule has 1 aliphatic rings. The number of methoxy groups -OCH3 is 1. The van der Waals surface area contributed by atoms with Gasteiger partial charge in [0.2, 0.25) is 0 Å². The molecule has 0 radical (unpaired) electrons. The summed E-state index contributed by atoms with van der Waals surface area (Å²) in [6.07, 6.45) is 0. The molecular weight excluding hydrogens is 516 g/mol. The standard InChI is InChI=1S/C26H23ClN4O5S/c1-35-22-10-8-19(27)24-23(22)28-26(37-24)30(16-17-5-3-2-4-6-17)25(32)18-7-9-20(21(15-18)31(33)34)29-11-13-36-14-12-29/h2-10,15H,11-14,16H2,1H3. The second kappa shape index (κ2) is 10.7. The summed E-state index contributed by atoms with van der Waals surface area (Å²) in [7, 11) is 1.55. The molecule has 0 unspecified atom stereocenters. The number of hydrogen-bond acceptors (Lipinski definition) is 8. The number of ether oxygens (including phenoxy) is 2. The highest BCUT2D eigenvalue weighted by molar-refractivity contribution is 7.23. The molecule has 0 spiro atoms. The Kier molecular flexibility index (Phi) is 7.22. The molecule has 0 bridgehead atoms. The number of thiazole rings is 1. The van der Waals surface area contributed by atoms with E-state index in [0.717, 1.165) is 5.56 Å². The van der Waals surface area contributed by atoms with Crippen LogP contribution in [-0.4, -0.2) is 49.2 Å². The molecule has 0 N–H and O–H groups in total. The Balaban J connectivity index is 1.58. The van der Waals surface area contributed by atoms with E-state index < -0.39 is 10.8 Å². The largest absolute Gasteiger partial charge is 0.494 e. The first-order valence-electron chi connectivity index (χ1n) is 11.6. The van der Waals surface area contributed by atoms with Gasteiger partial charge in [-0.25, -0.2) is 4.98 Å². The molecule has 1 aromatic heterocycles. The molecule has 37 heavy (non-hydrogen) atoms. The highest BCUT2D eigenvalue weighted by atomic mass is 35.5. The summed E-state index contributed by atoms with van der Waals surface area (Å²) >= 11 is 7.70. The Hall–Kier alpha value is -3.73. The van der Waals surface area contributed by atoms with Crippen LogP contribution in [0.3, 0.4) is 0 Å². The Labute approximate surface area is 222 Å². The number of aromatic nitrogens is 1. The number of anilines is 2. The molecule has 190 valence electrons. The average molecular weight is 539 g/mol. The molecule has 9 nitrogen and oxygen atoms in total. The van der Waals surface area contributed by atoms with Crippen LogP contribution in [0.1, 0.15) is 15.9 Å². The fourth-order valence-electron chi connectivity index (χ4n) is 4.24. The van der Waals surface area contributed by atoms with Gasteiger partial charge in [-0.2, -0.15) is 0 Å². The first-order valence-corrected chi connectivity index (χ1v) is 12.8. The van der Waals surface area contributed by atoms with Crippen molar-refractivity contribution in [2.45, 2.75) is 6.54 Å². The lowest BCUT2D eigenvalue weighted by molar-refractivity contribution is -0.384. The normalized spacial score (nSPS) is 13.5. The summed E-state index contributed by atoms with van der Waals surface area (Å²) in [6.45, 7) is 2.29. The zero-order valence-corrected chi connectivity index (χ0v) is 21.5. The number of morpholine rings is 1. The molecular formula is C26H23ClN4O5S. The molecule has 5 rings (SSSR count). The van der Waals surface area contributed by atoms with Gasteiger partial charge in [0.1, 0.15) is 17.0 Å². The van der Waals surface area contributed by atoms with Crippen molar-refractivity contribution in [3.8, 4) is 5.75 Å². The number of halogens is 1. The van der Waals surface area contributed by atoms with Crippen molar-refractivity contribution in [1.29, 1.82) is 0 Å². The van der Waals surface area contributed by atoms with Gasteiger partial charge in [0.25, 0.3) is 11.6 Å². The monoisotopic (exact) mass is 538 g/mol. The third kappa shape index (κ3) is 5.08. The number of fused-ring (bicyclic) bond motifs is 1. The molecule has 3 aromatic carbocycles. The van der Waals surface area contributed by atoms with Gasteiger partial charge in [0.05, 0.1) is 41.5 Å². The topological polar surface area (TPSA) is 98.0 Å². The van der Waals surface area contributed by atoms with E-state index >= 15 is 0 Å². The van der Waals surface area contributed by atoms with Crippen molar-refractivity contribution in [2.24, 2.45) is 0 Å². The van der Waals surface area contributed by atoms with Crippen LogP contribution >= 0.6 is 22.9 Å². The summed E-state index contributed by atoms with van der Waals surface area (Å²) in [4.78, 5) is 33.5. The van der Waals surface area contributed by atoms with Crippen molar-refractivity contribution in [2.75, 3.05) is 43.2 Å². The van der Waals surface area contributed by atoms with Crippen LogP contribution in [-0.2, 0) is 11.3 Å². The predicted molar refractivity (Wildman–Crippen MR) is 144 cm³/mol. The van der Waals surface area contributed by atoms with E-state index in [-0.39, 0.29) is 17.8 Å². The van der Waals surface area contributed by atoms with Gasteiger partial charge in [-0.1, -0.05) is 53.3 Å². The smallest absolute Gasteiger partial charge is 0.293 e. The van der Waals surface area contributed by atoms with Gasteiger partial charge in [0.15, 0.2) is 5.13 Å². The lowest BCUT2D eigenvalue weighted by Crippen LogP contribution is -2.36. The second-order valence-corrected chi connectivity index (χ2v) is 9.75. The zero-order chi connectivity index (χ0) is 25.9. The van der Waals surface area contributed by atoms with Gasteiger partial charge in [-0.05, 0) is 29.8 Å². The fraction of sp³-hybridized carbons (Fsp3) is 0.231. The maximum Gasteiger partial charge on any atom is 0.293 e. The van der Waals surface area contributed by atoms with E-state index in [1.807, 2.05) is 35.2 Å². The number of hydrogen-bond donors (Lipinski definition) is 0. The van der Waals surface area contributed by atoms with Gasteiger partial charge in [0, 0.05) is 24.7 Å². The minimum absolute atomic E-state index is 0.124. The number of carbonyl (C=O) groups is 1. The summed E-state index contributed by atoms with van der Waals surface area (Å²) in [5.74, 6) is 0.133. The number of benzene rings is 3. The maximum atomic E-state index is 13.9. The predicted octanol–water partition coefficient (Wildman–Crippen LogP) is 5.55. The van der Waals surface area contributed by atoms with E-state index in [9.17, 15) is 14.9 Å². The van der Waals surface area contributed by atoms with Crippen molar-refractivity contribution in [1.82, 2.24) is 4.98 Å². The number of rotatable bonds is 7. The SMILES string of the molecule is COc1ccc(Cl)c2sc(N(Cc3ccccc3)C(=O)c3ccc(N4CCOCC4)c([N+](=O)[O-])c3)nc12. The Morgan fingerprint density at radius 1 is 1.19 bits per heavy atom. The van der Waals surface area contributed by atoms with Crippen molar-refractivity contribution in [3.05, 3.63) is 86.9 Å². The van der Waals surface area contributed by atoms with Crippen LogP contribution in [0.15, 0.2) is 60.7 Å². The van der Waals surface area contributed by atoms with Crippen molar-refractivity contribution < 1.29 is 19.2 Å². The van der Waals surface area contributed by atoms with E-state index in [2.05, 4.69) is 0 Å². The molecule has 11 heteroatoms. The fourth-order valence-corrected chi connectivity index (χ4v) is 5.50. The summed E-state index contributed by atoms with van der Waals surface area (Å²) in [6, 6.07) is 17.5. The Morgan fingerprint density at radius 2 is 1.95 bits per heavy atom. The van der Waals surface area contributed by atoms with Gasteiger partial charge in [-0.15, -0.1) is 0 Å². The van der Waals surface area contributed by atoms with Crippen molar-refractivity contribution in [3.63, 3.8) is 0 Å². The molecule has 1 aliphatic heterocycles. The van der Waals surface area contributed by atoms with Crippen LogP contribution in [0.25, 0.3) is 10.2 Å². The number of nitrogens with zero attached hydrogens (tertiary/aromatic N) is 4. The second-order valence-electron chi connectivity index (χ2n) is 8.36. The van der Waals surface area contributed by atoms with Crippen molar-refractivity contribution >= 4 is 55.6 Å². The van der Waals surface area contributed by atoms with Crippen LogP contribution in [0.5, 0.6) is 5.75 Å². The van der Waals surface area contributed by atoms with Crippen LogP contribution < -0.4 is 14.5 Å². The molecule has 1 saturated heterocycles. The minimum atomic E-state index is -0.453. The van der Waals surface area contributed by atoms with E-state index in [1.165, 1.54) is 22.3 Å². The summed E-state index contributed by atoms with van der Waals surface area (Å²) in [5, 5.41) is 12.9. The first-order chi connectivity index (χ1) is 18.0. The van der Waals surface area contributed by atoms with Crippen LogP contribution in [0.4, 0.5) is 16.5 Å². The number of carbonyl (C=O) groups excluding carboxylic acids is 1. The molecule has 4 aromatic rings. The molecule has 1 amide bonds. The highest BCUT2D eigenvalue weighted by Crippen LogP contribution is 2.40. The molecule has 0 aliphatic carbocycles. The highest BCUT2D eigenvalue weighted by Gasteiger charge is 2.28. The quantitative estimate of drug-likeness (QED) is 0.225. The average Bonchev–Trinajstić information content (AvgIpc) is 3.38. The minimum Gasteiger partial charge on any atom is -0.494 e. The molecule has 1 fully saturated rings. The van der Waals surface area contributed by atoms with Crippen LogP contribution in [0.2, 0.25) is 5.02 Å². The third-order valence-electron chi connectivity index (χ3n) is 6.10.